The molecular weight excluding hydrogens is 234 g/mol. The zero-order valence-electron chi connectivity index (χ0n) is 12.1. The molecular formula is C17H25NO. The molecule has 1 saturated carbocycles. The summed E-state index contributed by atoms with van der Waals surface area (Å²) in [5, 5.41) is 3.84. The first-order valence-electron chi connectivity index (χ1n) is 7.79. The molecule has 1 aromatic rings. The lowest BCUT2D eigenvalue weighted by atomic mass is 9.80. The molecule has 2 atom stereocenters. The van der Waals surface area contributed by atoms with Crippen molar-refractivity contribution < 1.29 is 4.74 Å². The van der Waals surface area contributed by atoms with E-state index in [9.17, 15) is 0 Å². The lowest BCUT2D eigenvalue weighted by molar-refractivity contribution is 0.225. The third kappa shape index (κ3) is 2.64. The first kappa shape index (κ1) is 13.0. The minimum Gasteiger partial charge on any atom is -0.493 e. The molecule has 1 fully saturated rings. The van der Waals surface area contributed by atoms with Crippen LogP contribution in [0.5, 0.6) is 5.75 Å². The number of fused-ring (bicyclic) bond motifs is 1. The molecule has 1 heterocycles. The monoisotopic (exact) mass is 259 g/mol. The van der Waals surface area contributed by atoms with E-state index in [-0.39, 0.29) is 0 Å². The molecule has 2 nitrogen and oxygen atoms in total. The summed E-state index contributed by atoms with van der Waals surface area (Å²) >= 11 is 0. The van der Waals surface area contributed by atoms with Gasteiger partial charge in [-0.2, -0.15) is 0 Å². The molecule has 0 radical (unpaired) electrons. The van der Waals surface area contributed by atoms with Gasteiger partial charge in [0.2, 0.25) is 0 Å². The molecule has 0 aromatic heterocycles. The third-order valence-electron chi connectivity index (χ3n) is 4.85. The van der Waals surface area contributed by atoms with Crippen molar-refractivity contribution in [3.05, 3.63) is 29.3 Å². The Bertz CT molecular complexity index is 439. The van der Waals surface area contributed by atoms with E-state index in [4.69, 9.17) is 4.74 Å². The van der Waals surface area contributed by atoms with Crippen LogP contribution in [0, 0.1) is 5.92 Å². The van der Waals surface area contributed by atoms with Crippen LogP contribution in [-0.4, -0.2) is 12.6 Å². The van der Waals surface area contributed by atoms with E-state index in [1.54, 1.807) is 0 Å². The molecule has 1 aliphatic carbocycles. The van der Waals surface area contributed by atoms with Crippen LogP contribution in [0.25, 0.3) is 0 Å². The molecule has 2 aliphatic rings. The van der Waals surface area contributed by atoms with Crippen LogP contribution < -0.4 is 10.1 Å². The fourth-order valence-electron chi connectivity index (χ4n) is 3.27. The van der Waals surface area contributed by atoms with E-state index in [1.165, 1.54) is 30.4 Å². The van der Waals surface area contributed by atoms with E-state index < -0.39 is 0 Å². The Kier molecular flexibility index (Phi) is 3.79. The average molecular weight is 259 g/mol. The maximum atomic E-state index is 5.59. The van der Waals surface area contributed by atoms with Crippen molar-refractivity contribution in [2.45, 2.75) is 58.0 Å². The minimum absolute atomic E-state index is 0.487. The van der Waals surface area contributed by atoms with Gasteiger partial charge in [0.15, 0.2) is 0 Å². The van der Waals surface area contributed by atoms with Crippen LogP contribution in [0.15, 0.2) is 18.2 Å². The molecule has 104 valence electrons. The SMILES string of the molecule is CCC(NC(C)C1CCC1)c1ccc2c(c1)CCO2. The van der Waals surface area contributed by atoms with Gasteiger partial charge in [0.05, 0.1) is 6.61 Å². The van der Waals surface area contributed by atoms with Crippen molar-refractivity contribution in [2.24, 2.45) is 5.92 Å². The van der Waals surface area contributed by atoms with Crippen molar-refractivity contribution in [1.29, 1.82) is 0 Å². The molecule has 0 saturated heterocycles. The summed E-state index contributed by atoms with van der Waals surface area (Å²) in [6.07, 6.45) is 6.45. The summed E-state index contributed by atoms with van der Waals surface area (Å²) in [6, 6.07) is 7.86. The van der Waals surface area contributed by atoms with Crippen molar-refractivity contribution in [3.8, 4) is 5.75 Å². The molecule has 1 aliphatic heterocycles. The third-order valence-corrected chi connectivity index (χ3v) is 4.85. The minimum atomic E-state index is 0.487. The van der Waals surface area contributed by atoms with Gasteiger partial charge in [-0.25, -0.2) is 0 Å². The summed E-state index contributed by atoms with van der Waals surface area (Å²) in [5.74, 6) is 1.98. The van der Waals surface area contributed by atoms with Gasteiger partial charge < -0.3 is 10.1 Å². The molecule has 3 rings (SSSR count). The topological polar surface area (TPSA) is 21.3 Å². The molecule has 1 aromatic carbocycles. The Balaban J connectivity index is 1.70. The van der Waals surface area contributed by atoms with Gasteiger partial charge in [0, 0.05) is 18.5 Å². The molecule has 19 heavy (non-hydrogen) atoms. The van der Waals surface area contributed by atoms with Crippen molar-refractivity contribution in [3.63, 3.8) is 0 Å². The number of ether oxygens (including phenoxy) is 1. The molecule has 0 amide bonds. The second-order valence-electron chi connectivity index (χ2n) is 6.07. The average Bonchev–Trinajstić information content (AvgIpc) is 2.80. The number of hydrogen-bond donors (Lipinski definition) is 1. The maximum absolute atomic E-state index is 5.59. The molecule has 0 spiro atoms. The zero-order chi connectivity index (χ0) is 13.2. The molecule has 2 heteroatoms. The first-order valence-corrected chi connectivity index (χ1v) is 7.79. The summed E-state index contributed by atoms with van der Waals surface area (Å²) in [7, 11) is 0. The highest BCUT2D eigenvalue weighted by Crippen LogP contribution is 2.32. The fraction of sp³-hybridized carbons (Fsp3) is 0.647. The summed E-state index contributed by atoms with van der Waals surface area (Å²) in [5.41, 5.74) is 2.81. The van der Waals surface area contributed by atoms with Crippen LogP contribution in [0.1, 0.15) is 56.7 Å². The predicted molar refractivity (Wildman–Crippen MR) is 78.6 cm³/mol. The highest BCUT2D eigenvalue weighted by molar-refractivity contribution is 5.40. The van der Waals surface area contributed by atoms with E-state index >= 15 is 0 Å². The normalized spacial score (nSPS) is 21.4. The Hall–Kier alpha value is -1.02. The number of rotatable bonds is 5. The highest BCUT2D eigenvalue weighted by atomic mass is 16.5. The van der Waals surface area contributed by atoms with E-state index in [0.29, 0.717) is 12.1 Å². The molecule has 0 bridgehead atoms. The summed E-state index contributed by atoms with van der Waals surface area (Å²) in [4.78, 5) is 0. The van der Waals surface area contributed by atoms with Gasteiger partial charge in [-0.15, -0.1) is 0 Å². The van der Waals surface area contributed by atoms with Crippen LogP contribution in [0.4, 0.5) is 0 Å². The maximum Gasteiger partial charge on any atom is 0.122 e. The Morgan fingerprint density at radius 2 is 2.21 bits per heavy atom. The van der Waals surface area contributed by atoms with Crippen molar-refractivity contribution in [2.75, 3.05) is 6.61 Å². The standard InChI is InChI=1S/C17H25NO/c1-3-16(18-12(2)13-5-4-6-13)14-7-8-17-15(11-14)9-10-19-17/h7-8,11-13,16,18H,3-6,9-10H2,1-2H3. The molecule has 1 N–H and O–H groups in total. The van der Waals surface area contributed by atoms with Crippen LogP contribution in [-0.2, 0) is 6.42 Å². The number of benzene rings is 1. The van der Waals surface area contributed by atoms with Crippen LogP contribution in [0.2, 0.25) is 0 Å². The van der Waals surface area contributed by atoms with Crippen molar-refractivity contribution in [1.82, 2.24) is 5.32 Å². The van der Waals surface area contributed by atoms with E-state index in [0.717, 1.165) is 31.1 Å². The number of nitrogens with one attached hydrogen (secondary N) is 1. The largest absolute Gasteiger partial charge is 0.493 e. The lowest BCUT2D eigenvalue weighted by Crippen LogP contribution is -2.39. The summed E-state index contributed by atoms with van der Waals surface area (Å²) in [6.45, 7) is 5.47. The zero-order valence-corrected chi connectivity index (χ0v) is 12.1. The van der Waals surface area contributed by atoms with Gasteiger partial charge in [-0.1, -0.05) is 25.5 Å². The first-order chi connectivity index (χ1) is 9.28. The van der Waals surface area contributed by atoms with E-state index in [2.05, 4.69) is 37.4 Å². The van der Waals surface area contributed by atoms with Gasteiger partial charge in [-0.05, 0) is 49.3 Å². The Morgan fingerprint density at radius 3 is 2.89 bits per heavy atom. The second-order valence-corrected chi connectivity index (χ2v) is 6.07. The quantitative estimate of drug-likeness (QED) is 0.867. The van der Waals surface area contributed by atoms with Gasteiger partial charge in [-0.3, -0.25) is 0 Å². The molecule has 2 unspecified atom stereocenters. The van der Waals surface area contributed by atoms with Crippen molar-refractivity contribution >= 4 is 0 Å². The second kappa shape index (κ2) is 5.54. The van der Waals surface area contributed by atoms with Gasteiger partial charge in [0.25, 0.3) is 0 Å². The van der Waals surface area contributed by atoms with E-state index in [1.807, 2.05) is 0 Å². The highest BCUT2D eigenvalue weighted by Gasteiger charge is 2.26. The lowest BCUT2D eigenvalue weighted by Gasteiger charge is -2.34. The van der Waals surface area contributed by atoms with Gasteiger partial charge >= 0.3 is 0 Å². The van der Waals surface area contributed by atoms with Crippen LogP contribution >= 0.6 is 0 Å². The summed E-state index contributed by atoms with van der Waals surface area (Å²) < 4.78 is 5.59. The Morgan fingerprint density at radius 1 is 1.37 bits per heavy atom. The smallest absolute Gasteiger partial charge is 0.122 e. The predicted octanol–water partition coefficient (Wildman–Crippen LogP) is 3.85. The Labute approximate surface area is 116 Å². The van der Waals surface area contributed by atoms with Gasteiger partial charge in [0.1, 0.15) is 5.75 Å². The van der Waals surface area contributed by atoms with Crippen LogP contribution in [0.3, 0.4) is 0 Å². The number of hydrogen-bond acceptors (Lipinski definition) is 2. The fourth-order valence-corrected chi connectivity index (χ4v) is 3.27.